The van der Waals surface area contributed by atoms with E-state index in [0.29, 0.717) is 17.1 Å². The topological polar surface area (TPSA) is 56.2 Å². The van der Waals surface area contributed by atoms with Gasteiger partial charge in [-0.3, -0.25) is 9.48 Å². The van der Waals surface area contributed by atoms with Crippen LogP contribution in [0.5, 0.6) is 5.75 Å². The lowest BCUT2D eigenvalue weighted by molar-refractivity contribution is 0.102. The number of amides is 1. The summed E-state index contributed by atoms with van der Waals surface area (Å²) in [7, 11) is 1.53. The molecule has 19 heavy (non-hydrogen) atoms. The fraction of sp³-hybridized carbons (Fsp3) is 0.231. The summed E-state index contributed by atoms with van der Waals surface area (Å²) in [6.45, 7) is 2.74. The Labute approximate surface area is 119 Å². The van der Waals surface area contributed by atoms with Crippen LogP contribution in [0.3, 0.4) is 0 Å². The van der Waals surface area contributed by atoms with Gasteiger partial charge in [0.15, 0.2) is 5.82 Å². The van der Waals surface area contributed by atoms with Crippen LogP contribution < -0.4 is 10.1 Å². The van der Waals surface area contributed by atoms with Crippen molar-refractivity contribution in [2.75, 3.05) is 12.4 Å². The quantitative estimate of drug-likeness (QED) is 0.941. The molecule has 0 aliphatic heterocycles. The number of hydrogen-bond donors (Lipinski definition) is 1. The molecular weight excluding hydrogens is 310 g/mol. The third kappa shape index (κ3) is 3.14. The van der Waals surface area contributed by atoms with E-state index in [1.165, 1.54) is 7.11 Å². The van der Waals surface area contributed by atoms with Crippen LogP contribution in [0.2, 0.25) is 0 Å². The van der Waals surface area contributed by atoms with Crippen molar-refractivity contribution < 1.29 is 9.53 Å². The highest BCUT2D eigenvalue weighted by atomic mass is 79.9. The summed E-state index contributed by atoms with van der Waals surface area (Å²) in [5.41, 5.74) is 0.461. The molecule has 0 radical (unpaired) electrons. The minimum Gasteiger partial charge on any atom is -0.496 e. The van der Waals surface area contributed by atoms with Gasteiger partial charge in [0.1, 0.15) is 5.75 Å². The first kappa shape index (κ1) is 13.6. The Bertz CT molecular complexity index is 595. The Morgan fingerprint density at radius 3 is 2.89 bits per heavy atom. The van der Waals surface area contributed by atoms with Crippen LogP contribution in [-0.4, -0.2) is 22.8 Å². The number of carbonyl (C=O) groups is 1. The van der Waals surface area contributed by atoms with Crippen LogP contribution in [0.15, 0.2) is 34.9 Å². The summed E-state index contributed by atoms with van der Waals surface area (Å²) in [6, 6.07) is 7.03. The zero-order valence-electron chi connectivity index (χ0n) is 10.7. The molecule has 1 heterocycles. The molecule has 2 aromatic rings. The standard InChI is InChI=1S/C13H14BrN3O2/c1-3-17-7-6-12(16-17)15-13(18)10-8-9(14)4-5-11(10)19-2/h4-8H,3H2,1-2H3,(H,15,16,18). The van der Waals surface area contributed by atoms with Crippen molar-refractivity contribution >= 4 is 27.7 Å². The lowest BCUT2D eigenvalue weighted by Crippen LogP contribution is -2.14. The summed E-state index contributed by atoms with van der Waals surface area (Å²) in [4.78, 5) is 12.2. The molecule has 5 nitrogen and oxygen atoms in total. The van der Waals surface area contributed by atoms with E-state index in [1.807, 2.05) is 19.2 Å². The van der Waals surface area contributed by atoms with Gasteiger partial charge in [0.05, 0.1) is 12.7 Å². The highest BCUT2D eigenvalue weighted by Gasteiger charge is 2.14. The molecule has 1 aromatic heterocycles. The van der Waals surface area contributed by atoms with E-state index in [-0.39, 0.29) is 5.91 Å². The average Bonchev–Trinajstić information content (AvgIpc) is 2.86. The zero-order valence-corrected chi connectivity index (χ0v) is 12.3. The molecule has 0 saturated heterocycles. The number of aryl methyl sites for hydroxylation is 1. The molecule has 2 rings (SSSR count). The van der Waals surface area contributed by atoms with Gasteiger partial charge in [-0.2, -0.15) is 5.10 Å². The molecule has 1 N–H and O–H groups in total. The second kappa shape index (κ2) is 5.88. The van der Waals surface area contributed by atoms with Crippen LogP contribution in [0.25, 0.3) is 0 Å². The first-order valence-corrected chi connectivity index (χ1v) is 6.61. The van der Waals surface area contributed by atoms with Crippen molar-refractivity contribution in [1.29, 1.82) is 0 Å². The van der Waals surface area contributed by atoms with Gasteiger partial charge >= 0.3 is 0 Å². The van der Waals surface area contributed by atoms with Gasteiger partial charge < -0.3 is 10.1 Å². The minimum atomic E-state index is -0.250. The summed E-state index contributed by atoms with van der Waals surface area (Å²) in [5.74, 6) is 0.795. The largest absolute Gasteiger partial charge is 0.496 e. The smallest absolute Gasteiger partial charge is 0.260 e. The summed E-state index contributed by atoms with van der Waals surface area (Å²) in [6.07, 6.45) is 1.81. The van der Waals surface area contributed by atoms with Gasteiger partial charge in [-0.05, 0) is 25.1 Å². The second-order valence-electron chi connectivity index (χ2n) is 3.86. The molecule has 0 aliphatic rings. The highest BCUT2D eigenvalue weighted by molar-refractivity contribution is 9.10. The Kier molecular flexibility index (Phi) is 4.21. The number of benzene rings is 1. The van der Waals surface area contributed by atoms with Crippen LogP contribution in [0, 0.1) is 0 Å². The molecule has 0 bridgehead atoms. The average molecular weight is 324 g/mol. The zero-order chi connectivity index (χ0) is 13.8. The van der Waals surface area contributed by atoms with Crippen molar-refractivity contribution in [2.45, 2.75) is 13.5 Å². The maximum atomic E-state index is 12.2. The van der Waals surface area contributed by atoms with Crippen molar-refractivity contribution in [3.8, 4) is 5.75 Å². The third-order valence-corrected chi connectivity index (χ3v) is 3.11. The molecule has 0 fully saturated rings. The van der Waals surface area contributed by atoms with Crippen LogP contribution in [0.1, 0.15) is 17.3 Å². The van der Waals surface area contributed by atoms with Gasteiger partial charge in [-0.15, -0.1) is 0 Å². The van der Waals surface area contributed by atoms with Crippen molar-refractivity contribution in [3.05, 3.63) is 40.5 Å². The first-order chi connectivity index (χ1) is 9.13. The molecule has 100 valence electrons. The number of nitrogens with zero attached hydrogens (tertiary/aromatic N) is 2. The van der Waals surface area contributed by atoms with Crippen molar-refractivity contribution in [2.24, 2.45) is 0 Å². The normalized spacial score (nSPS) is 10.3. The molecule has 0 spiro atoms. The Morgan fingerprint density at radius 1 is 1.47 bits per heavy atom. The van der Waals surface area contributed by atoms with Crippen molar-refractivity contribution in [3.63, 3.8) is 0 Å². The second-order valence-corrected chi connectivity index (χ2v) is 4.77. The van der Waals surface area contributed by atoms with Gasteiger partial charge in [0.25, 0.3) is 5.91 Å². The van der Waals surface area contributed by atoms with Crippen LogP contribution in [0.4, 0.5) is 5.82 Å². The molecule has 0 atom stereocenters. The molecule has 0 aliphatic carbocycles. The van der Waals surface area contributed by atoms with E-state index in [0.717, 1.165) is 11.0 Å². The Balaban J connectivity index is 2.21. The molecule has 6 heteroatoms. The summed E-state index contributed by atoms with van der Waals surface area (Å²) >= 11 is 3.34. The van der Waals surface area contributed by atoms with E-state index in [1.54, 1.807) is 22.9 Å². The predicted octanol–water partition coefficient (Wildman–Crippen LogP) is 2.93. The molecule has 0 unspecified atom stereocenters. The summed E-state index contributed by atoms with van der Waals surface area (Å²) < 4.78 is 7.74. The first-order valence-electron chi connectivity index (χ1n) is 5.82. The maximum absolute atomic E-state index is 12.2. The maximum Gasteiger partial charge on any atom is 0.260 e. The predicted molar refractivity (Wildman–Crippen MR) is 76.5 cm³/mol. The molecule has 0 saturated carbocycles. The number of ether oxygens (including phenoxy) is 1. The van der Waals surface area contributed by atoms with Crippen LogP contribution in [-0.2, 0) is 6.54 Å². The minimum absolute atomic E-state index is 0.250. The SMILES string of the molecule is CCn1ccc(NC(=O)c2cc(Br)ccc2OC)n1. The lowest BCUT2D eigenvalue weighted by Gasteiger charge is -2.08. The molecular formula is C13H14BrN3O2. The number of aromatic nitrogens is 2. The number of hydrogen-bond acceptors (Lipinski definition) is 3. The monoisotopic (exact) mass is 323 g/mol. The number of methoxy groups -OCH3 is 1. The number of nitrogens with one attached hydrogen (secondary N) is 1. The fourth-order valence-corrected chi connectivity index (χ4v) is 2.01. The fourth-order valence-electron chi connectivity index (χ4n) is 1.65. The Hall–Kier alpha value is -1.82. The van der Waals surface area contributed by atoms with Gasteiger partial charge in [0, 0.05) is 23.3 Å². The van der Waals surface area contributed by atoms with Gasteiger partial charge in [-0.25, -0.2) is 0 Å². The highest BCUT2D eigenvalue weighted by Crippen LogP contribution is 2.23. The van der Waals surface area contributed by atoms with Crippen molar-refractivity contribution in [1.82, 2.24) is 9.78 Å². The number of rotatable bonds is 4. The number of halogens is 1. The lowest BCUT2D eigenvalue weighted by atomic mass is 10.2. The van der Waals surface area contributed by atoms with E-state index >= 15 is 0 Å². The van der Waals surface area contributed by atoms with Crippen LogP contribution >= 0.6 is 15.9 Å². The summed E-state index contributed by atoms with van der Waals surface area (Å²) in [5, 5.41) is 6.95. The van der Waals surface area contributed by atoms with E-state index in [9.17, 15) is 4.79 Å². The van der Waals surface area contributed by atoms with E-state index in [2.05, 4.69) is 26.3 Å². The van der Waals surface area contributed by atoms with E-state index < -0.39 is 0 Å². The number of anilines is 1. The third-order valence-electron chi connectivity index (χ3n) is 2.61. The van der Waals surface area contributed by atoms with E-state index in [4.69, 9.17) is 4.74 Å². The number of carbonyl (C=O) groups excluding carboxylic acids is 1. The molecule has 1 aromatic carbocycles. The molecule has 1 amide bonds. The van der Waals surface area contributed by atoms with Gasteiger partial charge in [0.2, 0.25) is 0 Å². The van der Waals surface area contributed by atoms with Gasteiger partial charge in [-0.1, -0.05) is 15.9 Å². The Morgan fingerprint density at radius 2 is 2.26 bits per heavy atom.